The van der Waals surface area contributed by atoms with Crippen LogP contribution in [0.4, 0.5) is 0 Å². The van der Waals surface area contributed by atoms with Gasteiger partial charge in [0.05, 0.1) is 0 Å². The van der Waals surface area contributed by atoms with Crippen molar-refractivity contribution in [1.82, 2.24) is 9.80 Å². The van der Waals surface area contributed by atoms with Crippen molar-refractivity contribution in [2.24, 2.45) is 0 Å². The average molecular weight is 212 g/mol. The van der Waals surface area contributed by atoms with E-state index in [1.54, 1.807) is 0 Å². The Labute approximate surface area is 91.2 Å². The summed E-state index contributed by atoms with van der Waals surface area (Å²) >= 11 is 0. The van der Waals surface area contributed by atoms with Crippen LogP contribution in [0.15, 0.2) is 11.6 Å². The van der Waals surface area contributed by atoms with Crippen LogP contribution in [0.1, 0.15) is 13.3 Å². The summed E-state index contributed by atoms with van der Waals surface area (Å²) in [5, 5.41) is 8.61. The minimum atomic E-state index is -0.848. The number of carbonyl (C=O) groups is 1. The molecule has 1 fully saturated rings. The topological polar surface area (TPSA) is 43.8 Å². The Morgan fingerprint density at radius 1 is 1.33 bits per heavy atom. The molecule has 1 aliphatic heterocycles. The number of rotatable bonds is 3. The summed E-state index contributed by atoms with van der Waals surface area (Å²) in [6, 6.07) is 0. The molecule has 0 atom stereocenters. The fourth-order valence-corrected chi connectivity index (χ4v) is 1.87. The third-order valence-corrected chi connectivity index (χ3v) is 2.66. The number of likely N-dealkylation sites (N-methyl/N-ethyl adjacent to an activating group) is 1. The first-order valence-electron chi connectivity index (χ1n) is 5.39. The Hall–Kier alpha value is -0.870. The van der Waals surface area contributed by atoms with Crippen LogP contribution in [-0.2, 0) is 4.79 Å². The number of hydrogen-bond donors (Lipinski definition) is 1. The van der Waals surface area contributed by atoms with Crippen LogP contribution in [0.25, 0.3) is 0 Å². The summed E-state index contributed by atoms with van der Waals surface area (Å²) in [5.41, 5.74) is 0.923. The van der Waals surface area contributed by atoms with Gasteiger partial charge in [-0.3, -0.25) is 4.90 Å². The summed E-state index contributed by atoms with van der Waals surface area (Å²) in [4.78, 5) is 15.1. The molecule has 4 heteroatoms. The molecule has 0 amide bonds. The van der Waals surface area contributed by atoms with Crippen molar-refractivity contribution in [2.75, 3.05) is 39.8 Å². The maximum atomic E-state index is 10.5. The van der Waals surface area contributed by atoms with E-state index in [2.05, 4.69) is 16.8 Å². The van der Waals surface area contributed by atoms with E-state index < -0.39 is 5.97 Å². The minimum Gasteiger partial charge on any atom is -0.478 e. The second-order valence-electron chi connectivity index (χ2n) is 4.26. The molecule has 0 bridgehead atoms. The third-order valence-electron chi connectivity index (χ3n) is 2.66. The first kappa shape index (κ1) is 12.2. The van der Waals surface area contributed by atoms with Gasteiger partial charge >= 0.3 is 5.97 Å². The largest absolute Gasteiger partial charge is 0.478 e. The summed E-state index contributed by atoms with van der Waals surface area (Å²) in [6.45, 7) is 6.96. The Morgan fingerprint density at radius 3 is 2.73 bits per heavy atom. The quantitative estimate of drug-likeness (QED) is 0.698. The van der Waals surface area contributed by atoms with Crippen molar-refractivity contribution in [2.45, 2.75) is 13.3 Å². The van der Waals surface area contributed by atoms with Crippen LogP contribution >= 0.6 is 0 Å². The van der Waals surface area contributed by atoms with Crippen molar-refractivity contribution in [3.8, 4) is 0 Å². The maximum absolute atomic E-state index is 10.5. The molecule has 15 heavy (non-hydrogen) atoms. The van der Waals surface area contributed by atoms with Gasteiger partial charge in [0.1, 0.15) is 0 Å². The highest BCUT2D eigenvalue weighted by atomic mass is 16.4. The van der Waals surface area contributed by atoms with E-state index in [0.29, 0.717) is 0 Å². The van der Waals surface area contributed by atoms with E-state index in [4.69, 9.17) is 5.11 Å². The maximum Gasteiger partial charge on any atom is 0.328 e. The molecule has 0 spiro atoms. The lowest BCUT2D eigenvalue weighted by atomic mass is 10.2. The highest BCUT2D eigenvalue weighted by molar-refractivity contribution is 5.80. The van der Waals surface area contributed by atoms with Crippen molar-refractivity contribution >= 4 is 5.97 Å². The van der Waals surface area contributed by atoms with Gasteiger partial charge < -0.3 is 10.0 Å². The standard InChI is InChI=1S/C11H20N2O2/c1-10(8-11(14)15)9-13-5-3-4-12(2)6-7-13/h8H,3-7,9H2,1-2H3,(H,14,15). The molecule has 0 radical (unpaired) electrons. The lowest BCUT2D eigenvalue weighted by Crippen LogP contribution is -2.30. The predicted octanol–water partition coefficient (Wildman–Crippen LogP) is 0.655. The number of hydrogen-bond acceptors (Lipinski definition) is 3. The fraction of sp³-hybridized carbons (Fsp3) is 0.727. The second-order valence-corrected chi connectivity index (χ2v) is 4.26. The Kier molecular flexibility index (Phi) is 4.78. The Balaban J connectivity index is 2.40. The predicted molar refractivity (Wildman–Crippen MR) is 59.9 cm³/mol. The van der Waals surface area contributed by atoms with Gasteiger partial charge in [0, 0.05) is 25.7 Å². The van der Waals surface area contributed by atoms with Crippen molar-refractivity contribution in [3.63, 3.8) is 0 Å². The lowest BCUT2D eigenvalue weighted by molar-refractivity contribution is -0.131. The van der Waals surface area contributed by atoms with Crippen LogP contribution < -0.4 is 0 Å². The van der Waals surface area contributed by atoms with Gasteiger partial charge in [0.2, 0.25) is 0 Å². The third kappa shape index (κ3) is 4.95. The van der Waals surface area contributed by atoms with Gasteiger partial charge in [0.15, 0.2) is 0 Å². The molecule has 0 aromatic heterocycles. The van der Waals surface area contributed by atoms with Crippen LogP contribution in [-0.4, -0.2) is 60.6 Å². The summed E-state index contributed by atoms with van der Waals surface area (Å²) in [5.74, 6) is -0.848. The SMILES string of the molecule is CC(=CC(=O)O)CN1CCCN(C)CC1. The van der Waals surface area contributed by atoms with Gasteiger partial charge in [-0.05, 0) is 33.5 Å². The van der Waals surface area contributed by atoms with E-state index >= 15 is 0 Å². The molecule has 1 rings (SSSR count). The zero-order chi connectivity index (χ0) is 11.3. The smallest absolute Gasteiger partial charge is 0.328 e. The van der Waals surface area contributed by atoms with Crippen molar-refractivity contribution in [3.05, 3.63) is 11.6 Å². The molecule has 0 aromatic carbocycles. The monoisotopic (exact) mass is 212 g/mol. The molecule has 0 aromatic rings. The highest BCUT2D eigenvalue weighted by Crippen LogP contribution is 2.04. The second kappa shape index (κ2) is 5.88. The molecule has 0 aliphatic carbocycles. The number of nitrogens with zero attached hydrogens (tertiary/aromatic N) is 2. The average Bonchev–Trinajstić information content (AvgIpc) is 2.29. The Morgan fingerprint density at radius 2 is 2.07 bits per heavy atom. The van der Waals surface area contributed by atoms with E-state index in [0.717, 1.165) is 44.7 Å². The molecular weight excluding hydrogens is 192 g/mol. The molecule has 1 aliphatic rings. The van der Waals surface area contributed by atoms with E-state index in [1.165, 1.54) is 6.08 Å². The van der Waals surface area contributed by atoms with Gasteiger partial charge in [-0.25, -0.2) is 4.79 Å². The van der Waals surface area contributed by atoms with Crippen LogP contribution in [0.3, 0.4) is 0 Å². The first-order chi connectivity index (χ1) is 7.08. The lowest BCUT2D eigenvalue weighted by Gasteiger charge is -2.20. The first-order valence-corrected chi connectivity index (χ1v) is 5.39. The summed E-state index contributed by atoms with van der Waals surface area (Å²) in [6.07, 6.45) is 2.46. The number of carboxylic acid groups (broad SMARTS) is 1. The van der Waals surface area contributed by atoms with Gasteiger partial charge in [0.25, 0.3) is 0 Å². The number of aliphatic carboxylic acids is 1. The molecule has 0 saturated carbocycles. The molecule has 1 saturated heterocycles. The molecular formula is C11H20N2O2. The van der Waals surface area contributed by atoms with Gasteiger partial charge in [-0.15, -0.1) is 0 Å². The molecule has 0 unspecified atom stereocenters. The zero-order valence-corrected chi connectivity index (χ0v) is 9.57. The fourth-order valence-electron chi connectivity index (χ4n) is 1.87. The van der Waals surface area contributed by atoms with E-state index in [-0.39, 0.29) is 0 Å². The van der Waals surface area contributed by atoms with Crippen LogP contribution in [0.5, 0.6) is 0 Å². The summed E-state index contributed by atoms with van der Waals surface area (Å²) < 4.78 is 0. The molecule has 1 heterocycles. The zero-order valence-electron chi connectivity index (χ0n) is 9.57. The van der Waals surface area contributed by atoms with Crippen LogP contribution in [0.2, 0.25) is 0 Å². The van der Waals surface area contributed by atoms with Gasteiger partial charge in [-0.2, -0.15) is 0 Å². The molecule has 86 valence electrons. The van der Waals surface area contributed by atoms with E-state index in [1.807, 2.05) is 6.92 Å². The molecule has 4 nitrogen and oxygen atoms in total. The minimum absolute atomic E-state index is 0.778. The van der Waals surface area contributed by atoms with Crippen LogP contribution in [0, 0.1) is 0 Å². The van der Waals surface area contributed by atoms with Crippen molar-refractivity contribution in [1.29, 1.82) is 0 Å². The molecule has 1 N–H and O–H groups in total. The Bertz CT molecular complexity index is 251. The summed E-state index contributed by atoms with van der Waals surface area (Å²) in [7, 11) is 2.13. The highest BCUT2D eigenvalue weighted by Gasteiger charge is 2.12. The van der Waals surface area contributed by atoms with Gasteiger partial charge in [-0.1, -0.05) is 5.57 Å². The van der Waals surface area contributed by atoms with E-state index in [9.17, 15) is 4.79 Å². The number of carboxylic acids is 1. The van der Waals surface area contributed by atoms with Crippen molar-refractivity contribution < 1.29 is 9.90 Å². The normalized spacial score (nSPS) is 21.3.